The van der Waals surface area contributed by atoms with Crippen molar-refractivity contribution in [1.82, 2.24) is 29.6 Å². The van der Waals surface area contributed by atoms with Crippen LogP contribution in [0.3, 0.4) is 0 Å². The second kappa shape index (κ2) is 7.74. The molecular formula is C25H23N7O. The van der Waals surface area contributed by atoms with Gasteiger partial charge in [-0.1, -0.05) is 30.3 Å². The molecule has 1 saturated carbocycles. The van der Waals surface area contributed by atoms with Gasteiger partial charge in [-0.2, -0.15) is 0 Å². The van der Waals surface area contributed by atoms with Crippen LogP contribution < -0.4 is 10.6 Å². The van der Waals surface area contributed by atoms with Gasteiger partial charge in [0, 0.05) is 24.7 Å². The largest absolute Gasteiger partial charge is 0.353 e. The summed E-state index contributed by atoms with van der Waals surface area (Å²) in [6.45, 7) is 0. The van der Waals surface area contributed by atoms with Crippen LogP contribution in [0.15, 0.2) is 66.9 Å². The molecule has 1 amide bonds. The van der Waals surface area contributed by atoms with Crippen molar-refractivity contribution in [3.8, 4) is 5.82 Å². The van der Waals surface area contributed by atoms with Gasteiger partial charge in [0.05, 0.1) is 23.0 Å². The number of para-hydroxylation sites is 3. The maximum atomic E-state index is 12.4. The van der Waals surface area contributed by atoms with E-state index in [1.165, 1.54) is 0 Å². The molecule has 0 saturated heterocycles. The molecule has 33 heavy (non-hydrogen) atoms. The second-order valence-corrected chi connectivity index (χ2v) is 8.44. The van der Waals surface area contributed by atoms with Gasteiger partial charge in [-0.3, -0.25) is 9.36 Å². The minimum atomic E-state index is 0.0634. The van der Waals surface area contributed by atoms with Crippen molar-refractivity contribution in [3.05, 3.63) is 72.4 Å². The van der Waals surface area contributed by atoms with E-state index < -0.39 is 0 Å². The zero-order valence-electron chi connectivity index (χ0n) is 18.2. The fourth-order valence-corrected chi connectivity index (χ4v) is 4.15. The van der Waals surface area contributed by atoms with Gasteiger partial charge in [0.25, 0.3) is 0 Å². The van der Waals surface area contributed by atoms with E-state index in [0.717, 1.165) is 40.3 Å². The quantitative estimate of drug-likeness (QED) is 0.421. The van der Waals surface area contributed by atoms with E-state index in [0.29, 0.717) is 30.0 Å². The average molecular weight is 438 g/mol. The van der Waals surface area contributed by atoms with E-state index in [2.05, 4.69) is 25.8 Å². The van der Waals surface area contributed by atoms with Gasteiger partial charge < -0.3 is 15.2 Å². The Bertz CT molecular complexity index is 1480. The van der Waals surface area contributed by atoms with Crippen LogP contribution in [-0.4, -0.2) is 36.3 Å². The number of imidazole rings is 1. The summed E-state index contributed by atoms with van der Waals surface area (Å²) in [5, 5.41) is 16.2. The van der Waals surface area contributed by atoms with Crippen molar-refractivity contribution in [1.29, 1.82) is 0 Å². The van der Waals surface area contributed by atoms with Crippen LogP contribution in [0.4, 0.5) is 11.8 Å². The first-order valence-corrected chi connectivity index (χ1v) is 11.1. The summed E-state index contributed by atoms with van der Waals surface area (Å²) in [6, 6.07) is 20.2. The normalized spacial score (nSPS) is 13.5. The number of aryl methyl sites for hydroxylation is 1. The number of rotatable bonds is 6. The molecule has 0 radical (unpaired) electrons. The smallest absolute Gasteiger partial charge is 0.224 e. The van der Waals surface area contributed by atoms with E-state index in [-0.39, 0.29) is 5.91 Å². The SMILES string of the molecule is Cn1c(Nc2ccc(-n3cc(CC(=O)NC4CC4)c4ccccc43)nn2)nc2ccccc21. The number of carbonyl (C=O) groups is 1. The molecule has 1 aliphatic rings. The molecule has 8 nitrogen and oxygen atoms in total. The molecule has 0 bridgehead atoms. The van der Waals surface area contributed by atoms with Gasteiger partial charge >= 0.3 is 0 Å². The number of hydrogen-bond acceptors (Lipinski definition) is 5. The van der Waals surface area contributed by atoms with Gasteiger partial charge in [0.15, 0.2) is 11.6 Å². The van der Waals surface area contributed by atoms with Gasteiger partial charge in [0.1, 0.15) is 0 Å². The van der Waals surface area contributed by atoms with Crippen molar-refractivity contribution in [2.45, 2.75) is 25.3 Å². The van der Waals surface area contributed by atoms with Gasteiger partial charge in [-0.25, -0.2) is 4.98 Å². The summed E-state index contributed by atoms with van der Waals surface area (Å²) in [4.78, 5) is 17.0. The van der Waals surface area contributed by atoms with Crippen LogP contribution in [0.1, 0.15) is 18.4 Å². The van der Waals surface area contributed by atoms with E-state index >= 15 is 0 Å². The molecule has 0 spiro atoms. The minimum Gasteiger partial charge on any atom is -0.353 e. The lowest BCUT2D eigenvalue weighted by Crippen LogP contribution is -2.26. The monoisotopic (exact) mass is 437 g/mol. The Labute approximate surface area is 190 Å². The summed E-state index contributed by atoms with van der Waals surface area (Å²) in [7, 11) is 1.96. The zero-order chi connectivity index (χ0) is 22.4. The third kappa shape index (κ3) is 3.69. The van der Waals surface area contributed by atoms with Crippen molar-refractivity contribution in [3.63, 3.8) is 0 Å². The van der Waals surface area contributed by atoms with E-state index in [4.69, 9.17) is 0 Å². The van der Waals surface area contributed by atoms with Gasteiger partial charge in [0.2, 0.25) is 11.9 Å². The lowest BCUT2D eigenvalue weighted by atomic mass is 10.1. The third-order valence-corrected chi connectivity index (χ3v) is 6.01. The van der Waals surface area contributed by atoms with Crippen LogP contribution in [0.5, 0.6) is 0 Å². The maximum absolute atomic E-state index is 12.4. The summed E-state index contributed by atoms with van der Waals surface area (Å²) < 4.78 is 3.98. The molecule has 3 heterocycles. The minimum absolute atomic E-state index is 0.0634. The van der Waals surface area contributed by atoms with Crippen LogP contribution in [0, 0.1) is 0 Å². The Balaban J connectivity index is 1.28. The number of carbonyl (C=O) groups excluding carboxylic acids is 1. The highest BCUT2D eigenvalue weighted by Gasteiger charge is 2.24. The molecule has 1 aliphatic carbocycles. The Morgan fingerprint density at radius 1 is 1.00 bits per heavy atom. The van der Waals surface area contributed by atoms with Crippen molar-refractivity contribution >= 4 is 39.6 Å². The number of anilines is 2. The van der Waals surface area contributed by atoms with Crippen LogP contribution in [-0.2, 0) is 18.3 Å². The highest BCUT2D eigenvalue weighted by Crippen LogP contribution is 2.26. The Morgan fingerprint density at radius 3 is 2.55 bits per heavy atom. The summed E-state index contributed by atoms with van der Waals surface area (Å²) in [6.07, 6.45) is 4.50. The molecule has 0 aliphatic heterocycles. The number of nitrogens with one attached hydrogen (secondary N) is 2. The number of nitrogens with zero attached hydrogens (tertiary/aromatic N) is 5. The molecule has 5 aromatic rings. The number of amides is 1. The zero-order valence-corrected chi connectivity index (χ0v) is 18.2. The highest BCUT2D eigenvalue weighted by atomic mass is 16.1. The Morgan fingerprint density at radius 2 is 1.79 bits per heavy atom. The fourth-order valence-electron chi connectivity index (χ4n) is 4.15. The summed E-state index contributed by atoms with van der Waals surface area (Å²) >= 11 is 0. The van der Waals surface area contributed by atoms with Crippen LogP contribution >= 0.6 is 0 Å². The molecule has 3 aromatic heterocycles. The molecule has 6 rings (SSSR count). The lowest BCUT2D eigenvalue weighted by Gasteiger charge is -2.07. The molecule has 0 atom stereocenters. The Kier molecular flexibility index (Phi) is 4.57. The van der Waals surface area contributed by atoms with E-state index in [1.807, 2.05) is 83.0 Å². The third-order valence-electron chi connectivity index (χ3n) is 6.01. The fraction of sp³-hybridized carbons (Fsp3) is 0.200. The molecule has 8 heteroatoms. The molecule has 164 valence electrons. The summed E-state index contributed by atoms with van der Waals surface area (Å²) in [5.74, 6) is 2.07. The van der Waals surface area contributed by atoms with Gasteiger partial charge in [-0.05, 0) is 48.7 Å². The molecule has 1 fully saturated rings. The topological polar surface area (TPSA) is 89.7 Å². The average Bonchev–Trinajstić information content (AvgIpc) is 3.50. The molecule has 2 aromatic carbocycles. The predicted molar refractivity (Wildman–Crippen MR) is 128 cm³/mol. The number of hydrogen-bond donors (Lipinski definition) is 2. The standard InChI is InChI=1S/C25H23N7O/c1-31-21-9-5-3-7-19(21)27-25(31)28-22-12-13-23(30-29-22)32-15-16(14-24(33)26-17-10-11-17)18-6-2-4-8-20(18)32/h2-9,12-13,15,17H,10-11,14H2,1H3,(H,26,33)(H,27,28,29). The van der Waals surface area contributed by atoms with Crippen LogP contribution in [0.25, 0.3) is 27.8 Å². The number of fused-ring (bicyclic) bond motifs is 2. The van der Waals surface area contributed by atoms with Crippen molar-refractivity contribution in [2.75, 3.05) is 5.32 Å². The van der Waals surface area contributed by atoms with Gasteiger partial charge in [-0.15, -0.1) is 10.2 Å². The summed E-state index contributed by atoms with van der Waals surface area (Å²) in [5.41, 5.74) is 3.94. The van der Waals surface area contributed by atoms with Crippen LogP contribution in [0.2, 0.25) is 0 Å². The maximum Gasteiger partial charge on any atom is 0.224 e. The Hall–Kier alpha value is -4.20. The van der Waals surface area contributed by atoms with Crippen molar-refractivity contribution < 1.29 is 4.79 Å². The van der Waals surface area contributed by atoms with E-state index in [9.17, 15) is 4.79 Å². The predicted octanol–water partition coefficient (Wildman–Crippen LogP) is 3.87. The molecule has 0 unspecified atom stereocenters. The molecule has 2 N–H and O–H groups in total. The lowest BCUT2D eigenvalue weighted by molar-refractivity contribution is -0.120. The molecular weight excluding hydrogens is 414 g/mol. The first-order valence-electron chi connectivity index (χ1n) is 11.1. The first-order chi connectivity index (χ1) is 16.2. The highest BCUT2D eigenvalue weighted by molar-refractivity contribution is 5.90. The van der Waals surface area contributed by atoms with Crippen molar-refractivity contribution in [2.24, 2.45) is 7.05 Å². The number of benzene rings is 2. The first kappa shape index (κ1) is 19.5. The second-order valence-electron chi connectivity index (χ2n) is 8.44. The van der Waals surface area contributed by atoms with E-state index in [1.54, 1.807) is 0 Å². The number of aromatic nitrogens is 5.